The van der Waals surface area contributed by atoms with Crippen LogP contribution in [0.2, 0.25) is 0 Å². The van der Waals surface area contributed by atoms with Crippen LogP contribution in [0, 0.1) is 0 Å². The lowest BCUT2D eigenvalue weighted by atomic mass is 10.0. The van der Waals surface area contributed by atoms with Gasteiger partial charge in [-0.15, -0.1) is 0 Å². The standard InChI is InChI=1S/C18H23N3O4/c1-4-25-17(23)10-14(13-8-6-5-7-9-13)19-15-11-16(22)21(12(2)3)18(24)20-15/h5-9,11-12,14,19H,4,10H2,1-3H3,(H,20,24)/t14-/m1/s1. The van der Waals surface area contributed by atoms with E-state index in [-0.39, 0.29) is 24.2 Å². The minimum Gasteiger partial charge on any atom is -0.466 e. The summed E-state index contributed by atoms with van der Waals surface area (Å²) in [5.41, 5.74) is -0.0402. The van der Waals surface area contributed by atoms with E-state index in [1.807, 2.05) is 30.3 Å². The first-order valence-electron chi connectivity index (χ1n) is 8.25. The van der Waals surface area contributed by atoms with Crippen molar-refractivity contribution in [3.05, 3.63) is 62.8 Å². The first-order chi connectivity index (χ1) is 11.9. The summed E-state index contributed by atoms with van der Waals surface area (Å²) in [7, 11) is 0. The minimum absolute atomic E-state index is 0.0765. The Morgan fingerprint density at radius 2 is 1.92 bits per heavy atom. The van der Waals surface area contributed by atoms with Crippen LogP contribution in [0.1, 0.15) is 44.8 Å². The van der Waals surface area contributed by atoms with Crippen molar-refractivity contribution >= 4 is 11.8 Å². The largest absolute Gasteiger partial charge is 0.466 e. The van der Waals surface area contributed by atoms with Crippen molar-refractivity contribution in [1.82, 2.24) is 9.55 Å². The molecular formula is C18H23N3O4. The van der Waals surface area contributed by atoms with Crippen molar-refractivity contribution in [2.45, 2.75) is 39.3 Å². The number of carbonyl (C=O) groups is 1. The van der Waals surface area contributed by atoms with Crippen LogP contribution in [-0.4, -0.2) is 22.1 Å². The molecule has 0 saturated heterocycles. The zero-order chi connectivity index (χ0) is 18.4. The zero-order valence-corrected chi connectivity index (χ0v) is 14.6. The number of aromatic amines is 1. The molecule has 134 valence electrons. The third kappa shape index (κ3) is 4.82. The summed E-state index contributed by atoms with van der Waals surface area (Å²) >= 11 is 0. The predicted octanol–water partition coefficient (Wildman–Crippen LogP) is 2.22. The Kier molecular flexibility index (Phi) is 6.16. The summed E-state index contributed by atoms with van der Waals surface area (Å²) in [6, 6.07) is 9.97. The van der Waals surface area contributed by atoms with Crippen LogP contribution in [0.3, 0.4) is 0 Å². The van der Waals surface area contributed by atoms with Gasteiger partial charge in [-0.05, 0) is 26.3 Å². The molecule has 1 aromatic carbocycles. The molecule has 2 N–H and O–H groups in total. The number of rotatable bonds is 7. The van der Waals surface area contributed by atoms with Crippen LogP contribution < -0.4 is 16.6 Å². The Hall–Kier alpha value is -2.83. The molecule has 0 aliphatic rings. The lowest BCUT2D eigenvalue weighted by Gasteiger charge is -2.20. The van der Waals surface area contributed by atoms with Gasteiger partial charge in [0.25, 0.3) is 5.56 Å². The number of ether oxygens (including phenoxy) is 1. The molecule has 0 saturated carbocycles. The number of hydrogen-bond acceptors (Lipinski definition) is 5. The van der Waals surface area contributed by atoms with Gasteiger partial charge in [-0.3, -0.25) is 19.1 Å². The molecule has 0 radical (unpaired) electrons. The maximum atomic E-state index is 12.2. The minimum atomic E-state index is -0.493. The molecule has 0 fully saturated rings. The van der Waals surface area contributed by atoms with E-state index in [0.29, 0.717) is 6.61 Å². The number of H-pyrrole nitrogens is 1. The Morgan fingerprint density at radius 1 is 1.24 bits per heavy atom. The molecule has 1 atom stereocenters. The molecule has 2 rings (SSSR count). The number of nitrogens with zero attached hydrogens (tertiary/aromatic N) is 1. The highest BCUT2D eigenvalue weighted by Gasteiger charge is 2.18. The number of nitrogens with one attached hydrogen (secondary N) is 2. The van der Waals surface area contributed by atoms with Gasteiger partial charge >= 0.3 is 11.7 Å². The maximum absolute atomic E-state index is 12.2. The second-order valence-corrected chi connectivity index (χ2v) is 5.91. The summed E-state index contributed by atoms with van der Waals surface area (Å²) in [5.74, 6) is -0.0909. The Balaban J connectivity index is 2.32. The van der Waals surface area contributed by atoms with Crippen LogP contribution in [0.25, 0.3) is 0 Å². The van der Waals surface area contributed by atoms with E-state index in [1.54, 1.807) is 20.8 Å². The second-order valence-electron chi connectivity index (χ2n) is 5.91. The van der Waals surface area contributed by atoms with Crippen molar-refractivity contribution in [1.29, 1.82) is 0 Å². The molecule has 7 heteroatoms. The second kappa shape index (κ2) is 8.32. The predicted molar refractivity (Wildman–Crippen MR) is 95.8 cm³/mol. The first-order valence-corrected chi connectivity index (χ1v) is 8.25. The molecule has 1 aromatic heterocycles. The van der Waals surface area contributed by atoms with Gasteiger partial charge in [0.2, 0.25) is 0 Å². The number of aromatic nitrogens is 2. The van der Waals surface area contributed by atoms with Crippen molar-refractivity contribution in [3.63, 3.8) is 0 Å². The fourth-order valence-corrected chi connectivity index (χ4v) is 2.58. The van der Waals surface area contributed by atoms with Gasteiger partial charge in [0.15, 0.2) is 0 Å². The molecule has 0 spiro atoms. The average molecular weight is 345 g/mol. The fraction of sp³-hybridized carbons (Fsp3) is 0.389. The SMILES string of the molecule is CCOC(=O)C[C@@H](Nc1cc(=O)n(C(C)C)c(=O)[nH]1)c1ccccc1. The Morgan fingerprint density at radius 3 is 2.48 bits per heavy atom. The maximum Gasteiger partial charge on any atom is 0.330 e. The molecule has 0 aliphatic heterocycles. The number of anilines is 1. The van der Waals surface area contributed by atoms with E-state index >= 15 is 0 Å². The van der Waals surface area contributed by atoms with E-state index in [0.717, 1.165) is 10.1 Å². The molecule has 0 unspecified atom stereocenters. The lowest BCUT2D eigenvalue weighted by Crippen LogP contribution is -2.36. The monoisotopic (exact) mass is 345 g/mol. The van der Waals surface area contributed by atoms with Crippen LogP contribution in [0.5, 0.6) is 0 Å². The summed E-state index contributed by atoms with van der Waals surface area (Å²) in [6.07, 6.45) is 0.0765. The van der Waals surface area contributed by atoms with Gasteiger partial charge in [0, 0.05) is 12.1 Å². The van der Waals surface area contributed by atoms with E-state index in [4.69, 9.17) is 4.74 Å². The first kappa shape index (κ1) is 18.5. The summed E-state index contributed by atoms with van der Waals surface area (Å²) in [4.78, 5) is 38.8. The van der Waals surface area contributed by atoms with Gasteiger partial charge in [-0.1, -0.05) is 30.3 Å². The highest BCUT2D eigenvalue weighted by Crippen LogP contribution is 2.21. The quantitative estimate of drug-likeness (QED) is 0.751. The van der Waals surface area contributed by atoms with E-state index in [1.165, 1.54) is 6.07 Å². The molecule has 25 heavy (non-hydrogen) atoms. The molecule has 2 aromatic rings. The summed E-state index contributed by atoms with van der Waals surface area (Å²) in [6.45, 7) is 5.56. The van der Waals surface area contributed by atoms with Gasteiger partial charge in [-0.25, -0.2) is 4.79 Å². The number of esters is 1. The molecule has 1 heterocycles. The molecule has 0 bridgehead atoms. The van der Waals surface area contributed by atoms with E-state index < -0.39 is 17.3 Å². The third-order valence-electron chi connectivity index (χ3n) is 3.69. The Bertz CT molecular complexity index is 793. The van der Waals surface area contributed by atoms with Crippen LogP contribution in [0.4, 0.5) is 5.82 Å². The van der Waals surface area contributed by atoms with Gasteiger partial charge in [0.05, 0.1) is 19.1 Å². The summed E-state index contributed by atoms with van der Waals surface area (Å²) in [5, 5.41) is 3.06. The molecule has 7 nitrogen and oxygen atoms in total. The van der Waals surface area contributed by atoms with Crippen LogP contribution in [-0.2, 0) is 9.53 Å². The van der Waals surface area contributed by atoms with Crippen molar-refractivity contribution < 1.29 is 9.53 Å². The van der Waals surface area contributed by atoms with Crippen molar-refractivity contribution in [2.24, 2.45) is 0 Å². The Labute approximate surface area is 145 Å². The number of hydrogen-bond donors (Lipinski definition) is 2. The molecule has 0 amide bonds. The average Bonchev–Trinajstić information content (AvgIpc) is 2.54. The van der Waals surface area contributed by atoms with Gasteiger partial charge in [0.1, 0.15) is 5.82 Å². The van der Waals surface area contributed by atoms with Gasteiger partial charge in [-0.2, -0.15) is 0 Å². The summed E-state index contributed by atoms with van der Waals surface area (Å²) < 4.78 is 6.15. The van der Waals surface area contributed by atoms with E-state index in [9.17, 15) is 14.4 Å². The molecule has 0 aliphatic carbocycles. The van der Waals surface area contributed by atoms with E-state index in [2.05, 4.69) is 10.3 Å². The third-order valence-corrected chi connectivity index (χ3v) is 3.69. The van der Waals surface area contributed by atoms with Gasteiger partial charge < -0.3 is 10.1 Å². The van der Waals surface area contributed by atoms with Crippen LogP contribution >= 0.6 is 0 Å². The van der Waals surface area contributed by atoms with Crippen molar-refractivity contribution in [3.8, 4) is 0 Å². The molecular weight excluding hydrogens is 322 g/mol. The lowest BCUT2D eigenvalue weighted by molar-refractivity contribution is -0.143. The number of benzene rings is 1. The normalized spacial score (nSPS) is 12.0. The highest BCUT2D eigenvalue weighted by molar-refractivity contribution is 5.71. The smallest absolute Gasteiger partial charge is 0.330 e. The van der Waals surface area contributed by atoms with Crippen molar-refractivity contribution in [2.75, 3.05) is 11.9 Å². The zero-order valence-electron chi connectivity index (χ0n) is 14.6. The van der Waals surface area contributed by atoms with Crippen LogP contribution in [0.15, 0.2) is 46.0 Å². The number of carbonyl (C=O) groups excluding carboxylic acids is 1. The highest BCUT2D eigenvalue weighted by atomic mass is 16.5. The topological polar surface area (TPSA) is 93.2 Å². The fourth-order valence-electron chi connectivity index (χ4n) is 2.58.